The standard InChI is InChI=1S/C25H25ClF2N4O3/c1-31-20-11-15(4-5-16(20)13-29-31)23(33)19(14-32-8-2-3-9-32)30-24(34)25(27,28)22-12-17-10-18(26)6-7-21(17)35-22/h4-7,10-13,19,23,33H,2-3,8-9,14H2,1H3,(H,30,34)/t19-,23+/m1/s1. The maximum absolute atomic E-state index is 15.2. The molecular formula is C25H25ClF2N4O3. The van der Waals surface area contributed by atoms with Crippen LogP contribution in [0.15, 0.2) is 53.1 Å². The van der Waals surface area contributed by atoms with Crippen LogP contribution in [-0.4, -0.2) is 51.4 Å². The number of aliphatic hydroxyl groups excluding tert-OH is 1. The number of aryl methyl sites for hydroxylation is 1. The van der Waals surface area contributed by atoms with Gasteiger partial charge in [0, 0.05) is 29.4 Å². The van der Waals surface area contributed by atoms with E-state index in [9.17, 15) is 9.90 Å². The minimum atomic E-state index is -3.94. The summed E-state index contributed by atoms with van der Waals surface area (Å²) in [5, 5.41) is 19.4. The van der Waals surface area contributed by atoms with Crippen LogP contribution in [0.2, 0.25) is 5.02 Å². The molecule has 2 atom stereocenters. The average molecular weight is 503 g/mol. The van der Waals surface area contributed by atoms with Crippen LogP contribution in [0, 0.1) is 0 Å². The number of carbonyl (C=O) groups excluding carboxylic acids is 1. The average Bonchev–Trinajstić information content (AvgIpc) is 3.58. The Hall–Kier alpha value is -3.01. The summed E-state index contributed by atoms with van der Waals surface area (Å²) in [5.41, 5.74) is 1.50. The highest BCUT2D eigenvalue weighted by Gasteiger charge is 2.46. The third-order valence-corrected chi connectivity index (χ3v) is 6.77. The van der Waals surface area contributed by atoms with E-state index in [4.69, 9.17) is 16.0 Å². The predicted octanol–water partition coefficient (Wildman–Crippen LogP) is 4.38. The van der Waals surface area contributed by atoms with Crippen LogP contribution in [0.3, 0.4) is 0 Å². The molecule has 0 radical (unpaired) electrons. The van der Waals surface area contributed by atoms with Crippen molar-refractivity contribution in [1.82, 2.24) is 20.0 Å². The van der Waals surface area contributed by atoms with Gasteiger partial charge in [-0.1, -0.05) is 23.7 Å². The van der Waals surface area contributed by atoms with Crippen molar-refractivity contribution < 1.29 is 23.1 Å². The molecule has 0 bridgehead atoms. The lowest BCUT2D eigenvalue weighted by Crippen LogP contribution is -2.50. The van der Waals surface area contributed by atoms with Crippen LogP contribution in [0.25, 0.3) is 21.9 Å². The maximum atomic E-state index is 15.2. The summed E-state index contributed by atoms with van der Waals surface area (Å²) in [7, 11) is 1.78. The fourth-order valence-electron chi connectivity index (χ4n) is 4.59. The van der Waals surface area contributed by atoms with Crippen molar-refractivity contribution in [3.05, 3.63) is 65.0 Å². The quantitative estimate of drug-likeness (QED) is 0.392. The predicted molar refractivity (Wildman–Crippen MR) is 128 cm³/mol. The highest BCUT2D eigenvalue weighted by molar-refractivity contribution is 6.31. The second-order valence-electron chi connectivity index (χ2n) is 8.99. The van der Waals surface area contributed by atoms with Crippen LogP contribution < -0.4 is 5.32 Å². The Kier molecular flexibility index (Phi) is 6.25. The van der Waals surface area contributed by atoms with Crippen molar-refractivity contribution in [2.24, 2.45) is 7.05 Å². The van der Waals surface area contributed by atoms with Gasteiger partial charge < -0.3 is 19.7 Å². The Labute approximate surface area is 205 Å². The van der Waals surface area contributed by atoms with E-state index in [1.54, 1.807) is 30.1 Å². The fourth-order valence-corrected chi connectivity index (χ4v) is 4.77. The molecule has 1 fully saturated rings. The topological polar surface area (TPSA) is 83.5 Å². The number of aromatic nitrogens is 2. The molecule has 0 saturated carbocycles. The number of fused-ring (bicyclic) bond motifs is 2. The van der Waals surface area contributed by atoms with Gasteiger partial charge in [0.25, 0.3) is 5.91 Å². The summed E-state index contributed by atoms with van der Waals surface area (Å²) in [6.07, 6.45) is 2.46. The molecular weight excluding hydrogens is 478 g/mol. The molecule has 35 heavy (non-hydrogen) atoms. The van der Waals surface area contributed by atoms with Gasteiger partial charge in [-0.25, -0.2) is 0 Å². The Bertz CT molecular complexity index is 1380. The third-order valence-electron chi connectivity index (χ3n) is 6.54. The zero-order valence-corrected chi connectivity index (χ0v) is 19.8. The lowest BCUT2D eigenvalue weighted by molar-refractivity contribution is -0.151. The molecule has 2 N–H and O–H groups in total. The van der Waals surface area contributed by atoms with Gasteiger partial charge in [-0.05, 0) is 61.8 Å². The molecule has 5 rings (SSSR count). The second-order valence-corrected chi connectivity index (χ2v) is 9.42. The van der Waals surface area contributed by atoms with E-state index in [2.05, 4.69) is 15.3 Å². The van der Waals surface area contributed by atoms with Crippen LogP contribution in [-0.2, 0) is 17.8 Å². The second kappa shape index (κ2) is 9.22. The number of likely N-dealkylation sites (tertiary alicyclic amines) is 1. The van der Waals surface area contributed by atoms with Crippen molar-refractivity contribution in [2.75, 3.05) is 19.6 Å². The van der Waals surface area contributed by atoms with Crippen LogP contribution in [0.5, 0.6) is 0 Å². The van der Waals surface area contributed by atoms with Crippen molar-refractivity contribution in [3.63, 3.8) is 0 Å². The van der Waals surface area contributed by atoms with Gasteiger partial charge in [0.15, 0.2) is 5.76 Å². The normalized spacial score (nSPS) is 16.7. The molecule has 2 aromatic heterocycles. The van der Waals surface area contributed by atoms with Gasteiger partial charge in [0.1, 0.15) is 11.7 Å². The molecule has 1 amide bonds. The first-order chi connectivity index (χ1) is 16.7. The van der Waals surface area contributed by atoms with Gasteiger partial charge in [-0.2, -0.15) is 13.9 Å². The van der Waals surface area contributed by atoms with E-state index in [-0.39, 0.29) is 12.1 Å². The SMILES string of the molecule is Cn1ncc2ccc([C@H](O)[C@@H](CN3CCCC3)NC(=O)C(F)(F)c3cc4cc(Cl)ccc4o3)cc21. The number of amides is 1. The van der Waals surface area contributed by atoms with E-state index in [1.165, 1.54) is 18.2 Å². The fraction of sp³-hybridized carbons (Fsp3) is 0.360. The Morgan fingerprint density at radius 3 is 2.74 bits per heavy atom. The third kappa shape index (κ3) is 4.63. The van der Waals surface area contributed by atoms with Crippen molar-refractivity contribution >= 4 is 39.4 Å². The lowest BCUT2D eigenvalue weighted by Gasteiger charge is -2.29. The van der Waals surface area contributed by atoms with Crippen LogP contribution >= 0.6 is 11.6 Å². The number of aliphatic hydroxyl groups is 1. The van der Waals surface area contributed by atoms with Gasteiger partial charge >= 0.3 is 5.92 Å². The van der Waals surface area contributed by atoms with E-state index >= 15 is 8.78 Å². The van der Waals surface area contributed by atoms with Crippen LogP contribution in [0.1, 0.15) is 30.3 Å². The zero-order valence-electron chi connectivity index (χ0n) is 19.0. The highest BCUT2D eigenvalue weighted by Crippen LogP contribution is 2.34. The first-order valence-corrected chi connectivity index (χ1v) is 11.8. The first kappa shape index (κ1) is 23.7. The summed E-state index contributed by atoms with van der Waals surface area (Å²) >= 11 is 5.94. The number of furan rings is 1. The van der Waals surface area contributed by atoms with E-state index in [0.29, 0.717) is 16.0 Å². The van der Waals surface area contributed by atoms with Crippen LogP contribution in [0.4, 0.5) is 8.78 Å². The number of alkyl halides is 2. The number of nitrogens with one attached hydrogen (secondary N) is 1. The minimum Gasteiger partial charge on any atom is -0.454 e. The number of benzene rings is 2. The molecule has 1 aliphatic rings. The molecule has 0 aliphatic carbocycles. The summed E-state index contributed by atoms with van der Waals surface area (Å²) in [4.78, 5) is 14.9. The number of halogens is 3. The zero-order chi connectivity index (χ0) is 24.7. The summed E-state index contributed by atoms with van der Waals surface area (Å²) in [5.74, 6) is -6.26. The molecule has 1 saturated heterocycles. The summed E-state index contributed by atoms with van der Waals surface area (Å²) < 4.78 is 37.3. The lowest BCUT2D eigenvalue weighted by atomic mass is 10.00. The molecule has 0 spiro atoms. The monoisotopic (exact) mass is 502 g/mol. The van der Waals surface area contributed by atoms with Gasteiger partial charge in [0.2, 0.25) is 0 Å². The molecule has 3 heterocycles. The largest absolute Gasteiger partial charge is 0.454 e. The Morgan fingerprint density at radius 2 is 1.97 bits per heavy atom. The molecule has 7 nitrogen and oxygen atoms in total. The maximum Gasteiger partial charge on any atom is 0.380 e. The highest BCUT2D eigenvalue weighted by atomic mass is 35.5. The molecule has 0 unspecified atom stereocenters. The van der Waals surface area contributed by atoms with Crippen molar-refractivity contribution in [2.45, 2.75) is 30.9 Å². The summed E-state index contributed by atoms with van der Waals surface area (Å²) in [6, 6.07) is 9.94. The number of carbonyl (C=O) groups is 1. The van der Waals surface area contributed by atoms with Gasteiger partial charge in [0.05, 0.1) is 17.8 Å². The van der Waals surface area contributed by atoms with E-state index < -0.39 is 29.7 Å². The first-order valence-electron chi connectivity index (χ1n) is 11.4. The Balaban J connectivity index is 1.42. The number of hydrogen-bond donors (Lipinski definition) is 2. The minimum absolute atomic E-state index is 0.204. The molecule has 2 aromatic carbocycles. The van der Waals surface area contributed by atoms with Gasteiger partial charge in [-0.3, -0.25) is 9.48 Å². The molecule has 1 aliphatic heterocycles. The van der Waals surface area contributed by atoms with Gasteiger partial charge in [-0.15, -0.1) is 0 Å². The molecule has 184 valence electrons. The van der Waals surface area contributed by atoms with E-state index in [0.717, 1.165) is 42.9 Å². The van der Waals surface area contributed by atoms with Crippen molar-refractivity contribution in [3.8, 4) is 0 Å². The number of hydrogen-bond acceptors (Lipinski definition) is 5. The van der Waals surface area contributed by atoms with E-state index in [1.807, 2.05) is 6.07 Å². The number of rotatable bonds is 7. The number of nitrogens with zero attached hydrogens (tertiary/aromatic N) is 3. The smallest absolute Gasteiger partial charge is 0.380 e. The molecule has 4 aromatic rings. The molecule has 10 heteroatoms. The summed E-state index contributed by atoms with van der Waals surface area (Å²) in [6.45, 7) is 1.79. The Morgan fingerprint density at radius 1 is 1.20 bits per heavy atom. The van der Waals surface area contributed by atoms with Crippen molar-refractivity contribution in [1.29, 1.82) is 0 Å².